The summed E-state index contributed by atoms with van der Waals surface area (Å²) in [4.78, 5) is 12.6. The van der Waals surface area contributed by atoms with Gasteiger partial charge in [0.2, 0.25) is 5.91 Å². The first-order chi connectivity index (χ1) is 11.0. The van der Waals surface area contributed by atoms with E-state index in [2.05, 4.69) is 5.32 Å². The Hall–Kier alpha value is -0.930. The lowest BCUT2D eigenvalue weighted by atomic mass is 10.0. The molecule has 1 unspecified atom stereocenters. The van der Waals surface area contributed by atoms with Crippen molar-refractivity contribution < 1.29 is 9.53 Å². The molecule has 0 spiro atoms. The maximum Gasteiger partial charge on any atom is 0.228 e. The van der Waals surface area contributed by atoms with Crippen LogP contribution in [0.25, 0.3) is 0 Å². The average molecular weight is 354 g/mol. The smallest absolute Gasteiger partial charge is 0.228 e. The van der Waals surface area contributed by atoms with E-state index in [1.807, 2.05) is 24.3 Å². The molecule has 3 saturated carbocycles. The van der Waals surface area contributed by atoms with Gasteiger partial charge in [-0.2, -0.15) is 0 Å². The molecule has 0 bridgehead atoms. The normalized spacial score (nSPS) is 36.7. The van der Waals surface area contributed by atoms with Crippen molar-refractivity contribution in [2.24, 2.45) is 29.6 Å². The number of alkyl halides is 2. The number of carbonyl (C=O) groups excluding carboxylic acids is 1. The van der Waals surface area contributed by atoms with Crippen LogP contribution in [0.3, 0.4) is 0 Å². The van der Waals surface area contributed by atoms with Crippen LogP contribution in [0.5, 0.6) is 5.75 Å². The van der Waals surface area contributed by atoms with Crippen LogP contribution in [-0.4, -0.2) is 17.4 Å². The van der Waals surface area contributed by atoms with E-state index in [9.17, 15) is 4.79 Å². The summed E-state index contributed by atoms with van der Waals surface area (Å²) in [6.07, 6.45) is 4.26. The number of rotatable bonds is 3. The number of fused-ring (bicyclic) bond motifs is 2. The summed E-state index contributed by atoms with van der Waals surface area (Å²) in [7, 11) is 1.63. The molecule has 3 aliphatic carbocycles. The monoisotopic (exact) mass is 353 g/mol. The van der Waals surface area contributed by atoms with Crippen molar-refractivity contribution in [3.63, 3.8) is 0 Å². The highest BCUT2D eigenvalue weighted by molar-refractivity contribution is 6.51. The predicted molar refractivity (Wildman–Crippen MR) is 92.0 cm³/mol. The van der Waals surface area contributed by atoms with Crippen LogP contribution in [0.15, 0.2) is 24.3 Å². The fourth-order valence-electron chi connectivity index (χ4n) is 4.54. The van der Waals surface area contributed by atoms with Crippen LogP contribution in [0.4, 0.5) is 5.69 Å². The van der Waals surface area contributed by atoms with Gasteiger partial charge in [-0.3, -0.25) is 4.79 Å². The third kappa shape index (κ3) is 2.72. The van der Waals surface area contributed by atoms with Crippen molar-refractivity contribution in [2.45, 2.75) is 30.0 Å². The average Bonchev–Trinajstić information content (AvgIpc) is 3.32. The topological polar surface area (TPSA) is 38.3 Å². The number of carbonyl (C=O) groups is 1. The Kier molecular flexibility index (Phi) is 3.77. The standard InChI is InChI=1S/C18H21Cl2NO2/c1-23-11-4-2-3-10(9-11)21-17(22)16-12-5-7-14-15(18(14,19)20)8-6-13(12)16/h2-4,9,12-16H,5-8H2,1H3,(H,21,22)/t12-,13-,14-,15+,16?/m1/s1. The van der Waals surface area contributed by atoms with Crippen molar-refractivity contribution in [1.82, 2.24) is 0 Å². The number of halogens is 2. The first-order valence-corrected chi connectivity index (χ1v) is 9.10. The SMILES string of the molecule is COc1cccc(NC(=O)C2[C@@H]3CC[C@@H]4[C@H](CC[C@@H]23)C4(Cl)Cl)c1. The molecule has 3 aliphatic rings. The van der Waals surface area contributed by atoms with E-state index in [0.717, 1.165) is 37.1 Å². The molecule has 1 aromatic rings. The van der Waals surface area contributed by atoms with Crippen LogP contribution in [0.2, 0.25) is 0 Å². The summed E-state index contributed by atoms with van der Waals surface area (Å²) in [5.74, 6) is 2.94. The van der Waals surface area contributed by atoms with E-state index in [1.54, 1.807) is 7.11 Å². The number of methoxy groups -OCH3 is 1. The molecule has 1 amide bonds. The van der Waals surface area contributed by atoms with Gasteiger partial charge in [-0.15, -0.1) is 23.2 Å². The highest BCUT2D eigenvalue weighted by Gasteiger charge is 2.65. The molecule has 1 N–H and O–H groups in total. The molecule has 1 aromatic carbocycles. The number of amides is 1. The summed E-state index contributed by atoms with van der Waals surface area (Å²) >= 11 is 12.7. The third-order valence-corrected chi connectivity index (χ3v) is 7.08. The highest BCUT2D eigenvalue weighted by Crippen LogP contribution is 2.67. The van der Waals surface area contributed by atoms with E-state index >= 15 is 0 Å². The van der Waals surface area contributed by atoms with Gasteiger partial charge >= 0.3 is 0 Å². The molecule has 5 atom stereocenters. The maximum atomic E-state index is 12.6. The minimum absolute atomic E-state index is 0.145. The van der Waals surface area contributed by atoms with E-state index in [4.69, 9.17) is 27.9 Å². The quantitative estimate of drug-likeness (QED) is 0.813. The maximum absolute atomic E-state index is 12.6. The van der Waals surface area contributed by atoms with Gasteiger partial charge in [0.1, 0.15) is 10.1 Å². The Balaban J connectivity index is 1.38. The first-order valence-electron chi connectivity index (χ1n) is 8.35. The number of hydrogen-bond acceptors (Lipinski definition) is 2. The van der Waals surface area contributed by atoms with Crippen LogP contribution >= 0.6 is 23.2 Å². The van der Waals surface area contributed by atoms with Gasteiger partial charge in [0.05, 0.1) is 7.11 Å². The number of hydrogen-bond donors (Lipinski definition) is 1. The Morgan fingerprint density at radius 1 is 1.17 bits per heavy atom. The van der Waals surface area contributed by atoms with Crippen molar-refractivity contribution in [3.05, 3.63) is 24.3 Å². The van der Waals surface area contributed by atoms with Crippen LogP contribution in [0.1, 0.15) is 25.7 Å². The zero-order valence-electron chi connectivity index (χ0n) is 13.1. The molecule has 0 aliphatic heterocycles. The molecule has 0 heterocycles. The molecular formula is C18H21Cl2NO2. The van der Waals surface area contributed by atoms with E-state index in [0.29, 0.717) is 23.7 Å². The second-order valence-corrected chi connectivity index (χ2v) is 8.56. The van der Waals surface area contributed by atoms with Gasteiger partial charge in [0, 0.05) is 17.7 Å². The number of benzene rings is 1. The summed E-state index contributed by atoms with van der Waals surface area (Å²) in [6.45, 7) is 0. The first kappa shape index (κ1) is 15.6. The van der Waals surface area contributed by atoms with Gasteiger partial charge < -0.3 is 10.1 Å². The lowest BCUT2D eigenvalue weighted by Crippen LogP contribution is -2.15. The minimum atomic E-state index is -0.491. The number of ether oxygens (including phenoxy) is 1. The van der Waals surface area contributed by atoms with Crippen LogP contribution in [0, 0.1) is 29.6 Å². The zero-order chi connectivity index (χ0) is 16.2. The number of anilines is 1. The summed E-state index contributed by atoms with van der Waals surface area (Å²) in [6, 6.07) is 7.51. The van der Waals surface area contributed by atoms with E-state index in [1.165, 1.54) is 0 Å². The van der Waals surface area contributed by atoms with Crippen LogP contribution in [-0.2, 0) is 4.79 Å². The Morgan fingerprint density at radius 2 is 1.83 bits per heavy atom. The fraction of sp³-hybridized carbons (Fsp3) is 0.611. The van der Waals surface area contributed by atoms with Gasteiger partial charge in [0.15, 0.2) is 0 Å². The number of nitrogens with one attached hydrogen (secondary N) is 1. The summed E-state index contributed by atoms with van der Waals surface area (Å²) < 4.78 is 4.71. The molecule has 5 heteroatoms. The van der Waals surface area contributed by atoms with Gasteiger partial charge in [-0.25, -0.2) is 0 Å². The minimum Gasteiger partial charge on any atom is -0.497 e. The summed E-state index contributed by atoms with van der Waals surface area (Å²) in [5.41, 5.74) is 0.803. The second-order valence-electron chi connectivity index (χ2n) is 7.12. The third-order valence-electron chi connectivity index (χ3n) is 5.96. The van der Waals surface area contributed by atoms with E-state index < -0.39 is 4.33 Å². The molecule has 0 aromatic heterocycles. The lowest BCUT2D eigenvalue weighted by molar-refractivity contribution is -0.117. The second kappa shape index (κ2) is 5.56. The van der Waals surface area contributed by atoms with Crippen molar-refractivity contribution in [1.29, 1.82) is 0 Å². The molecule has 0 saturated heterocycles. The fourth-order valence-corrected chi connectivity index (χ4v) is 5.46. The lowest BCUT2D eigenvalue weighted by Gasteiger charge is -2.07. The van der Waals surface area contributed by atoms with Gasteiger partial charge in [-0.1, -0.05) is 6.07 Å². The molecule has 124 valence electrons. The van der Waals surface area contributed by atoms with Crippen molar-refractivity contribution >= 4 is 34.8 Å². The molecule has 3 fully saturated rings. The van der Waals surface area contributed by atoms with Crippen molar-refractivity contribution in [3.8, 4) is 5.75 Å². The zero-order valence-corrected chi connectivity index (χ0v) is 14.6. The Morgan fingerprint density at radius 3 is 2.43 bits per heavy atom. The van der Waals surface area contributed by atoms with Crippen molar-refractivity contribution in [2.75, 3.05) is 12.4 Å². The molecule has 4 rings (SSSR count). The molecule has 23 heavy (non-hydrogen) atoms. The summed E-state index contributed by atoms with van der Waals surface area (Å²) in [5, 5.41) is 3.04. The van der Waals surface area contributed by atoms with E-state index in [-0.39, 0.29) is 11.8 Å². The van der Waals surface area contributed by atoms with Gasteiger partial charge in [-0.05, 0) is 61.5 Å². The van der Waals surface area contributed by atoms with Crippen LogP contribution < -0.4 is 10.1 Å². The molecular weight excluding hydrogens is 333 g/mol. The predicted octanol–water partition coefficient (Wildman–Crippen LogP) is 4.49. The molecule has 0 radical (unpaired) electrons. The Labute approximate surface area is 146 Å². The Bertz CT molecular complexity index is 611. The molecule has 3 nitrogen and oxygen atoms in total. The largest absolute Gasteiger partial charge is 0.497 e. The highest BCUT2D eigenvalue weighted by atomic mass is 35.5. The van der Waals surface area contributed by atoms with Gasteiger partial charge in [0.25, 0.3) is 0 Å².